The van der Waals surface area contributed by atoms with Crippen LogP contribution in [-0.4, -0.2) is 20.1 Å². The van der Waals surface area contributed by atoms with Gasteiger partial charge in [0.05, 0.1) is 0 Å². The predicted molar refractivity (Wildman–Crippen MR) is 61.2 cm³/mol. The molecule has 0 bridgehead atoms. The Kier molecular flexibility index (Phi) is 3.62. The van der Waals surface area contributed by atoms with E-state index in [1.165, 1.54) is 19.3 Å². The van der Waals surface area contributed by atoms with Gasteiger partial charge in [0.15, 0.2) is 0 Å². The monoisotopic (exact) mass is 227 g/mol. The highest BCUT2D eigenvalue weighted by molar-refractivity contribution is 6.20. The van der Waals surface area contributed by atoms with Gasteiger partial charge in [-0.2, -0.15) is 5.10 Å². The summed E-state index contributed by atoms with van der Waals surface area (Å²) in [5.41, 5.74) is 0. The standard InChI is InChI=1S/C11H18ClN3/c1-2-15-11(13-8-14-15)9-5-3-4-6-10(12)7-9/h8-10H,2-7H2,1H3. The molecule has 1 aliphatic carbocycles. The molecule has 1 aliphatic rings. The third-order valence-corrected chi connectivity index (χ3v) is 3.57. The number of aromatic nitrogens is 3. The van der Waals surface area contributed by atoms with Crippen molar-refractivity contribution in [2.24, 2.45) is 0 Å². The summed E-state index contributed by atoms with van der Waals surface area (Å²) in [7, 11) is 0. The van der Waals surface area contributed by atoms with Gasteiger partial charge in [-0.25, -0.2) is 4.98 Å². The van der Waals surface area contributed by atoms with Crippen LogP contribution in [0.3, 0.4) is 0 Å². The molecule has 15 heavy (non-hydrogen) atoms. The highest BCUT2D eigenvalue weighted by atomic mass is 35.5. The maximum atomic E-state index is 6.27. The lowest BCUT2D eigenvalue weighted by Gasteiger charge is -2.15. The highest BCUT2D eigenvalue weighted by Gasteiger charge is 2.23. The van der Waals surface area contributed by atoms with Crippen LogP contribution < -0.4 is 0 Å². The smallest absolute Gasteiger partial charge is 0.138 e. The van der Waals surface area contributed by atoms with Gasteiger partial charge in [0.25, 0.3) is 0 Å². The molecule has 84 valence electrons. The second-order valence-electron chi connectivity index (χ2n) is 4.25. The van der Waals surface area contributed by atoms with E-state index in [2.05, 4.69) is 17.0 Å². The second kappa shape index (κ2) is 4.97. The molecule has 0 spiro atoms. The van der Waals surface area contributed by atoms with Crippen LogP contribution in [0, 0.1) is 0 Å². The zero-order valence-corrected chi connectivity index (χ0v) is 9.95. The van der Waals surface area contributed by atoms with Crippen molar-refractivity contribution in [1.29, 1.82) is 0 Å². The van der Waals surface area contributed by atoms with Gasteiger partial charge in [-0.1, -0.05) is 12.8 Å². The Bertz CT molecular complexity index is 311. The molecule has 1 heterocycles. The maximum absolute atomic E-state index is 6.27. The SMILES string of the molecule is CCn1ncnc1C1CCCCC(Cl)C1. The maximum Gasteiger partial charge on any atom is 0.138 e. The van der Waals surface area contributed by atoms with Gasteiger partial charge in [0.1, 0.15) is 12.2 Å². The number of alkyl halides is 1. The molecule has 0 N–H and O–H groups in total. The van der Waals surface area contributed by atoms with E-state index in [0.717, 1.165) is 25.2 Å². The van der Waals surface area contributed by atoms with E-state index in [1.54, 1.807) is 6.33 Å². The van der Waals surface area contributed by atoms with Crippen LogP contribution in [0.5, 0.6) is 0 Å². The first-order chi connectivity index (χ1) is 7.31. The van der Waals surface area contributed by atoms with Gasteiger partial charge in [-0.05, 0) is 26.2 Å². The van der Waals surface area contributed by atoms with Crippen LogP contribution in [0.4, 0.5) is 0 Å². The minimum Gasteiger partial charge on any atom is -0.250 e. The third kappa shape index (κ3) is 2.51. The molecule has 3 nitrogen and oxygen atoms in total. The van der Waals surface area contributed by atoms with Gasteiger partial charge < -0.3 is 0 Å². The Balaban J connectivity index is 2.14. The number of aryl methyl sites for hydroxylation is 1. The number of rotatable bonds is 2. The van der Waals surface area contributed by atoms with Gasteiger partial charge >= 0.3 is 0 Å². The fourth-order valence-corrected chi connectivity index (χ4v) is 2.74. The van der Waals surface area contributed by atoms with Crippen LogP contribution in [0.25, 0.3) is 0 Å². The van der Waals surface area contributed by atoms with Crippen molar-refractivity contribution in [2.75, 3.05) is 0 Å². The van der Waals surface area contributed by atoms with Crippen molar-refractivity contribution in [3.05, 3.63) is 12.2 Å². The van der Waals surface area contributed by atoms with Crippen LogP contribution in [0.15, 0.2) is 6.33 Å². The van der Waals surface area contributed by atoms with Crippen LogP contribution in [0.2, 0.25) is 0 Å². The van der Waals surface area contributed by atoms with E-state index in [9.17, 15) is 0 Å². The molecule has 2 atom stereocenters. The van der Waals surface area contributed by atoms with Crippen molar-refractivity contribution in [1.82, 2.24) is 14.8 Å². The zero-order valence-electron chi connectivity index (χ0n) is 9.19. The van der Waals surface area contributed by atoms with Crippen LogP contribution >= 0.6 is 11.6 Å². The van der Waals surface area contributed by atoms with Crippen LogP contribution in [-0.2, 0) is 6.54 Å². The van der Waals surface area contributed by atoms with Crippen molar-refractivity contribution < 1.29 is 0 Å². The fourth-order valence-electron chi connectivity index (χ4n) is 2.37. The zero-order chi connectivity index (χ0) is 10.7. The van der Waals surface area contributed by atoms with E-state index in [4.69, 9.17) is 11.6 Å². The average Bonchev–Trinajstić information content (AvgIpc) is 2.61. The molecular weight excluding hydrogens is 210 g/mol. The largest absolute Gasteiger partial charge is 0.250 e. The summed E-state index contributed by atoms with van der Waals surface area (Å²) in [6.45, 7) is 3.01. The van der Waals surface area contributed by atoms with Crippen molar-refractivity contribution >= 4 is 11.6 Å². The molecule has 1 aromatic heterocycles. The Labute approximate surface area is 95.8 Å². The Morgan fingerprint density at radius 3 is 3.07 bits per heavy atom. The lowest BCUT2D eigenvalue weighted by atomic mass is 9.99. The molecule has 1 fully saturated rings. The lowest BCUT2D eigenvalue weighted by molar-refractivity contribution is 0.507. The number of hydrogen-bond acceptors (Lipinski definition) is 2. The Hall–Kier alpha value is -0.570. The average molecular weight is 228 g/mol. The van der Waals surface area contributed by atoms with Crippen molar-refractivity contribution in [3.8, 4) is 0 Å². The third-order valence-electron chi connectivity index (χ3n) is 3.17. The van der Waals surface area contributed by atoms with Crippen molar-refractivity contribution in [2.45, 2.75) is 56.9 Å². The summed E-state index contributed by atoms with van der Waals surface area (Å²) in [4.78, 5) is 4.38. The van der Waals surface area contributed by atoms with Gasteiger partial charge in [0.2, 0.25) is 0 Å². The van der Waals surface area contributed by atoms with Crippen LogP contribution in [0.1, 0.15) is 50.8 Å². The molecular formula is C11H18ClN3. The van der Waals surface area contributed by atoms with Gasteiger partial charge in [0, 0.05) is 17.8 Å². The van der Waals surface area contributed by atoms with Crippen molar-refractivity contribution in [3.63, 3.8) is 0 Å². The molecule has 1 aromatic rings. The Morgan fingerprint density at radius 2 is 2.27 bits per heavy atom. The molecule has 0 amide bonds. The molecule has 2 rings (SSSR count). The topological polar surface area (TPSA) is 30.7 Å². The predicted octanol–water partition coefficient (Wildman–Crippen LogP) is 2.95. The minimum atomic E-state index is 0.319. The summed E-state index contributed by atoms with van der Waals surface area (Å²) < 4.78 is 2.00. The molecule has 0 aliphatic heterocycles. The Morgan fingerprint density at radius 1 is 1.47 bits per heavy atom. The summed E-state index contributed by atoms with van der Waals surface area (Å²) in [6, 6.07) is 0. The van der Waals surface area contributed by atoms with E-state index in [-0.39, 0.29) is 0 Å². The highest BCUT2D eigenvalue weighted by Crippen LogP contribution is 2.32. The number of hydrogen-bond donors (Lipinski definition) is 0. The minimum absolute atomic E-state index is 0.319. The van der Waals surface area contributed by atoms with E-state index in [1.807, 2.05) is 4.68 Å². The first-order valence-electron chi connectivity index (χ1n) is 5.83. The molecule has 0 radical (unpaired) electrons. The van der Waals surface area contributed by atoms with Gasteiger partial charge in [-0.15, -0.1) is 11.6 Å². The summed E-state index contributed by atoms with van der Waals surface area (Å²) >= 11 is 6.27. The molecule has 0 aromatic carbocycles. The number of nitrogens with zero attached hydrogens (tertiary/aromatic N) is 3. The second-order valence-corrected chi connectivity index (χ2v) is 4.87. The summed E-state index contributed by atoms with van der Waals surface area (Å²) in [5.74, 6) is 1.64. The number of halogens is 1. The molecule has 4 heteroatoms. The summed E-state index contributed by atoms with van der Waals surface area (Å²) in [6.07, 6.45) is 7.60. The van der Waals surface area contributed by atoms with E-state index >= 15 is 0 Å². The van der Waals surface area contributed by atoms with E-state index < -0.39 is 0 Å². The molecule has 0 saturated heterocycles. The molecule has 1 saturated carbocycles. The lowest BCUT2D eigenvalue weighted by Crippen LogP contribution is -2.12. The van der Waals surface area contributed by atoms with Gasteiger partial charge in [-0.3, -0.25) is 4.68 Å². The van der Waals surface area contributed by atoms with E-state index in [0.29, 0.717) is 11.3 Å². The fraction of sp³-hybridized carbons (Fsp3) is 0.818. The molecule has 2 unspecified atom stereocenters. The first kappa shape index (κ1) is 10.9. The summed E-state index contributed by atoms with van der Waals surface area (Å²) in [5, 5.41) is 4.55. The quantitative estimate of drug-likeness (QED) is 0.575. The first-order valence-corrected chi connectivity index (χ1v) is 6.26. The normalized spacial score (nSPS) is 27.6.